The average Bonchev–Trinajstić information content (AvgIpc) is 2.44. The Morgan fingerprint density at radius 3 is 2.63 bits per heavy atom. The maximum absolute atomic E-state index is 5.82. The molecule has 0 spiro atoms. The highest BCUT2D eigenvalue weighted by molar-refractivity contribution is 5.40. The Kier molecular flexibility index (Phi) is 4.19. The second-order valence-corrected chi connectivity index (χ2v) is 6.18. The van der Waals surface area contributed by atoms with Crippen LogP contribution >= 0.6 is 0 Å². The lowest BCUT2D eigenvalue weighted by molar-refractivity contribution is 0.147. The van der Waals surface area contributed by atoms with Crippen molar-refractivity contribution >= 4 is 0 Å². The third-order valence-corrected chi connectivity index (χ3v) is 4.92. The SMILES string of the molecule is NCCN(CC1Cc2ccccc21)C1CCCCC1. The minimum atomic E-state index is 0.754. The summed E-state index contributed by atoms with van der Waals surface area (Å²) >= 11 is 0. The van der Waals surface area contributed by atoms with Crippen molar-refractivity contribution in [3.05, 3.63) is 35.4 Å². The molecule has 3 rings (SSSR count). The maximum Gasteiger partial charge on any atom is 0.0108 e. The van der Waals surface area contributed by atoms with Crippen LogP contribution in [0.2, 0.25) is 0 Å². The lowest BCUT2D eigenvalue weighted by atomic mass is 9.77. The van der Waals surface area contributed by atoms with Gasteiger partial charge in [-0.15, -0.1) is 0 Å². The molecule has 0 heterocycles. The molecule has 19 heavy (non-hydrogen) atoms. The van der Waals surface area contributed by atoms with Crippen molar-refractivity contribution in [1.82, 2.24) is 4.90 Å². The van der Waals surface area contributed by atoms with Crippen LogP contribution in [0, 0.1) is 0 Å². The molecule has 0 aromatic heterocycles. The molecule has 2 heteroatoms. The van der Waals surface area contributed by atoms with Gasteiger partial charge in [-0.2, -0.15) is 0 Å². The van der Waals surface area contributed by atoms with Gasteiger partial charge >= 0.3 is 0 Å². The first-order valence-corrected chi connectivity index (χ1v) is 7.90. The van der Waals surface area contributed by atoms with Crippen molar-refractivity contribution in [1.29, 1.82) is 0 Å². The lowest BCUT2D eigenvalue weighted by Crippen LogP contribution is -2.44. The van der Waals surface area contributed by atoms with Gasteiger partial charge in [0.15, 0.2) is 0 Å². The van der Waals surface area contributed by atoms with Crippen LogP contribution in [0.5, 0.6) is 0 Å². The van der Waals surface area contributed by atoms with Crippen LogP contribution in [-0.4, -0.2) is 30.6 Å². The summed E-state index contributed by atoms with van der Waals surface area (Å²) in [5.74, 6) is 0.754. The molecule has 1 aromatic rings. The van der Waals surface area contributed by atoms with Crippen LogP contribution in [-0.2, 0) is 6.42 Å². The van der Waals surface area contributed by atoms with Crippen LogP contribution in [0.25, 0.3) is 0 Å². The highest BCUT2D eigenvalue weighted by Crippen LogP contribution is 2.36. The van der Waals surface area contributed by atoms with E-state index in [2.05, 4.69) is 29.2 Å². The van der Waals surface area contributed by atoms with Gasteiger partial charge in [-0.3, -0.25) is 4.90 Å². The normalized spacial score (nSPS) is 23.2. The molecule has 2 N–H and O–H groups in total. The zero-order valence-corrected chi connectivity index (χ0v) is 11.9. The Bertz CT molecular complexity index is 409. The first-order chi connectivity index (χ1) is 9.38. The molecule has 2 aliphatic rings. The average molecular weight is 258 g/mol. The summed E-state index contributed by atoms with van der Waals surface area (Å²) in [6.07, 6.45) is 8.28. The number of fused-ring (bicyclic) bond motifs is 1. The van der Waals surface area contributed by atoms with Gasteiger partial charge in [-0.25, -0.2) is 0 Å². The van der Waals surface area contributed by atoms with Gasteiger partial charge in [0.2, 0.25) is 0 Å². The molecular weight excluding hydrogens is 232 g/mol. The topological polar surface area (TPSA) is 29.3 Å². The van der Waals surface area contributed by atoms with Crippen molar-refractivity contribution in [3.63, 3.8) is 0 Å². The molecule has 1 aromatic carbocycles. The minimum absolute atomic E-state index is 0.754. The van der Waals surface area contributed by atoms with E-state index in [9.17, 15) is 0 Å². The molecule has 0 amide bonds. The Balaban J connectivity index is 1.62. The Morgan fingerprint density at radius 1 is 1.11 bits per heavy atom. The van der Waals surface area contributed by atoms with E-state index in [1.165, 1.54) is 45.1 Å². The number of hydrogen-bond acceptors (Lipinski definition) is 2. The quantitative estimate of drug-likeness (QED) is 0.880. The van der Waals surface area contributed by atoms with Gasteiger partial charge in [0.25, 0.3) is 0 Å². The molecule has 1 unspecified atom stereocenters. The van der Waals surface area contributed by atoms with Gasteiger partial charge in [-0.1, -0.05) is 43.5 Å². The summed E-state index contributed by atoms with van der Waals surface area (Å²) < 4.78 is 0. The fourth-order valence-electron chi connectivity index (χ4n) is 3.84. The van der Waals surface area contributed by atoms with E-state index in [1.54, 1.807) is 11.1 Å². The molecule has 1 atom stereocenters. The van der Waals surface area contributed by atoms with E-state index in [0.29, 0.717) is 0 Å². The standard InChI is InChI=1S/C17H26N2/c18-10-11-19(16-7-2-1-3-8-16)13-15-12-14-6-4-5-9-17(14)15/h4-6,9,15-16H,1-3,7-8,10-13,18H2. The van der Waals surface area contributed by atoms with Crippen molar-refractivity contribution in [2.45, 2.75) is 50.5 Å². The van der Waals surface area contributed by atoms with Gasteiger partial charge in [-0.05, 0) is 30.4 Å². The predicted octanol–water partition coefficient (Wildman–Crippen LogP) is 2.92. The lowest BCUT2D eigenvalue weighted by Gasteiger charge is -2.40. The van der Waals surface area contributed by atoms with E-state index in [4.69, 9.17) is 5.73 Å². The molecule has 2 aliphatic carbocycles. The molecule has 1 saturated carbocycles. The third kappa shape index (κ3) is 2.85. The molecule has 1 fully saturated rings. The molecule has 0 radical (unpaired) electrons. The Labute approximate surface area is 117 Å². The maximum atomic E-state index is 5.82. The highest BCUT2D eigenvalue weighted by Gasteiger charge is 2.29. The minimum Gasteiger partial charge on any atom is -0.329 e. The molecule has 0 bridgehead atoms. The molecular formula is C17H26N2. The monoisotopic (exact) mass is 258 g/mol. The van der Waals surface area contributed by atoms with Crippen LogP contribution < -0.4 is 5.73 Å². The van der Waals surface area contributed by atoms with Gasteiger partial charge in [0.1, 0.15) is 0 Å². The van der Waals surface area contributed by atoms with Crippen LogP contribution in [0.1, 0.15) is 49.1 Å². The molecule has 0 aliphatic heterocycles. The Morgan fingerprint density at radius 2 is 1.89 bits per heavy atom. The summed E-state index contributed by atoms with van der Waals surface area (Å²) in [5.41, 5.74) is 8.97. The van der Waals surface area contributed by atoms with Crippen LogP contribution in [0.3, 0.4) is 0 Å². The van der Waals surface area contributed by atoms with Gasteiger partial charge < -0.3 is 5.73 Å². The fraction of sp³-hybridized carbons (Fsp3) is 0.647. The predicted molar refractivity (Wildman–Crippen MR) is 80.4 cm³/mol. The first kappa shape index (κ1) is 13.1. The second kappa shape index (κ2) is 6.06. The molecule has 2 nitrogen and oxygen atoms in total. The van der Waals surface area contributed by atoms with E-state index >= 15 is 0 Å². The first-order valence-electron chi connectivity index (χ1n) is 7.90. The zero-order chi connectivity index (χ0) is 13.1. The summed E-state index contributed by atoms with van der Waals surface area (Å²) in [5, 5.41) is 0. The van der Waals surface area contributed by atoms with E-state index < -0.39 is 0 Å². The zero-order valence-electron chi connectivity index (χ0n) is 11.9. The second-order valence-electron chi connectivity index (χ2n) is 6.18. The Hall–Kier alpha value is -0.860. The molecule has 104 valence electrons. The van der Waals surface area contributed by atoms with Crippen LogP contribution in [0.4, 0.5) is 0 Å². The van der Waals surface area contributed by atoms with Crippen molar-refractivity contribution in [2.24, 2.45) is 5.73 Å². The summed E-state index contributed by atoms with van der Waals surface area (Å²) in [7, 11) is 0. The van der Waals surface area contributed by atoms with E-state index in [0.717, 1.165) is 25.0 Å². The van der Waals surface area contributed by atoms with Gasteiger partial charge in [0.05, 0.1) is 0 Å². The summed E-state index contributed by atoms with van der Waals surface area (Å²) in [4.78, 5) is 2.68. The van der Waals surface area contributed by atoms with Crippen molar-refractivity contribution in [2.75, 3.05) is 19.6 Å². The van der Waals surface area contributed by atoms with E-state index in [1.807, 2.05) is 0 Å². The van der Waals surface area contributed by atoms with Crippen molar-refractivity contribution < 1.29 is 0 Å². The van der Waals surface area contributed by atoms with Gasteiger partial charge in [0, 0.05) is 31.6 Å². The number of hydrogen-bond donors (Lipinski definition) is 1. The van der Waals surface area contributed by atoms with E-state index in [-0.39, 0.29) is 0 Å². The summed E-state index contributed by atoms with van der Waals surface area (Å²) in [6.45, 7) is 3.09. The summed E-state index contributed by atoms with van der Waals surface area (Å²) in [6, 6.07) is 9.72. The number of rotatable bonds is 5. The molecule has 0 saturated heterocycles. The fourth-order valence-corrected chi connectivity index (χ4v) is 3.84. The largest absolute Gasteiger partial charge is 0.329 e. The number of nitrogens with two attached hydrogens (primary N) is 1. The van der Waals surface area contributed by atoms with Crippen molar-refractivity contribution in [3.8, 4) is 0 Å². The highest BCUT2D eigenvalue weighted by atomic mass is 15.2. The van der Waals surface area contributed by atoms with Crippen LogP contribution in [0.15, 0.2) is 24.3 Å². The smallest absolute Gasteiger partial charge is 0.0108 e. The third-order valence-electron chi connectivity index (χ3n) is 4.92. The number of benzene rings is 1. The number of nitrogens with zero attached hydrogens (tertiary/aromatic N) is 1.